The number of imidazole rings is 1. The van der Waals surface area contributed by atoms with Crippen molar-refractivity contribution in [1.29, 1.82) is 0 Å². The van der Waals surface area contributed by atoms with E-state index in [1.807, 2.05) is 18.3 Å². The van der Waals surface area contributed by atoms with E-state index in [4.69, 9.17) is 9.47 Å². The van der Waals surface area contributed by atoms with E-state index in [-0.39, 0.29) is 5.60 Å². The van der Waals surface area contributed by atoms with Gasteiger partial charge in [0, 0.05) is 37.7 Å². The maximum atomic E-state index is 5.82. The standard InChI is InChI=1S/C18H25N3O2/c1-18(2)13-15(6-12-23-18)17-20-8-10-21(17)9-4-11-22-16-5-3-7-19-14-16/h3,5,7-8,10,14-15H,4,6,9,11-13H2,1-2H3. The van der Waals surface area contributed by atoms with Gasteiger partial charge in [-0.05, 0) is 45.2 Å². The number of aromatic nitrogens is 3. The Labute approximate surface area is 137 Å². The minimum Gasteiger partial charge on any atom is -0.492 e. The summed E-state index contributed by atoms with van der Waals surface area (Å²) >= 11 is 0. The monoisotopic (exact) mass is 315 g/mol. The lowest BCUT2D eigenvalue weighted by molar-refractivity contribution is -0.0606. The van der Waals surface area contributed by atoms with Crippen molar-refractivity contribution in [2.75, 3.05) is 13.2 Å². The van der Waals surface area contributed by atoms with E-state index in [0.717, 1.165) is 38.2 Å². The number of aryl methyl sites for hydroxylation is 1. The van der Waals surface area contributed by atoms with Crippen LogP contribution in [0.5, 0.6) is 5.75 Å². The molecule has 0 spiro atoms. The number of hydrogen-bond donors (Lipinski definition) is 0. The summed E-state index contributed by atoms with van der Waals surface area (Å²) < 4.78 is 13.8. The van der Waals surface area contributed by atoms with Crippen LogP contribution in [0.15, 0.2) is 36.9 Å². The van der Waals surface area contributed by atoms with Crippen molar-refractivity contribution in [3.05, 3.63) is 42.7 Å². The number of pyridine rings is 1. The van der Waals surface area contributed by atoms with Gasteiger partial charge in [0.2, 0.25) is 0 Å². The highest BCUT2D eigenvalue weighted by molar-refractivity contribution is 5.15. The minimum atomic E-state index is -0.0525. The molecular formula is C18H25N3O2. The molecule has 0 radical (unpaired) electrons. The Hall–Kier alpha value is -1.88. The van der Waals surface area contributed by atoms with Gasteiger partial charge in [-0.1, -0.05) is 0 Å². The summed E-state index contributed by atoms with van der Waals surface area (Å²) in [6.07, 6.45) is 10.5. The molecule has 2 aromatic heterocycles. The molecule has 3 rings (SSSR count). The lowest BCUT2D eigenvalue weighted by atomic mass is 9.88. The lowest BCUT2D eigenvalue weighted by Gasteiger charge is -2.35. The zero-order chi connectivity index (χ0) is 16.1. The van der Waals surface area contributed by atoms with E-state index in [9.17, 15) is 0 Å². The molecule has 1 aliphatic heterocycles. The summed E-state index contributed by atoms with van der Waals surface area (Å²) in [4.78, 5) is 8.65. The maximum Gasteiger partial charge on any atom is 0.137 e. The van der Waals surface area contributed by atoms with Crippen molar-refractivity contribution in [1.82, 2.24) is 14.5 Å². The first-order chi connectivity index (χ1) is 11.1. The molecule has 0 aliphatic carbocycles. The molecule has 0 saturated carbocycles. The van der Waals surface area contributed by atoms with Crippen LogP contribution in [0.3, 0.4) is 0 Å². The van der Waals surface area contributed by atoms with Crippen LogP contribution in [0.25, 0.3) is 0 Å². The lowest BCUT2D eigenvalue weighted by Crippen LogP contribution is -2.34. The van der Waals surface area contributed by atoms with Gasteiger partial charge in [-0.15, -0.1) is 0 Å². The maximum absolute atomic E-state index is 5.82. The molecule has 1 saturated heterocycles. The first kappa shape index (κ1) is 16.0. The summed E-state index contributed by atoms with van der Waals surface area (Å²) in [5.41, 5.74) is -0.0525. The molecule has 1 unspecified atom stereocenters. The zero-order valence-corrected chi connectivity index (χ0v) is 13.9. The van der Waals surface area contributed by atoms with Crippen LogP contribution < -0.4 is 4.74 Å². The third kappa shape index (κ3) is 4.32. The van der Waals surface area contributed by atoms with E-state index in [1.165, 1.54) is 5.82 Å². The Morgan fingerprint density at radius 2 is 2.30 bits per heavy atom. The SMILES string of the molecule is CC1(C)CC(c2nccn2CCCOc2cccnc2)CCO1. The zero-order valence-electron chi connectivity index (χ0n) is 13.9. The highest BCUT2D eigenvalue weighted by Crippen LogP contribution is 2.34. The van der Waals surface area contributed by atoms with Crippen molar-refractivity contribution in [2.45, 2.75) is 51.2 Å². The first-order valence-electron chi connectivity index (χ1n) is 8.32. The smallest absolute Gasteiger partial charge is 0.137 e. The van der Waals surface area contributed by atoms with Crippen LogP contribution in [-0.2, 0) is 11.3 Å². The predicted octanol–water partition coefficient (Wildman–Crippen LogP) is 3.42. The molecule has 5 nitrogen and oxygen atoms in total. The Balaban J connectivity index is 1.52. The molecule has 0 aromatic carbocycles. The van der Waals surface area contributed by atoms with Crippen LogP contribution in [0.2, 0.25) is 0 Å². The molecule has 1 aliphatic rings. The van der Waals surface area contributed by atoms with Gasteiger partial charge in [0.05, 0.1) is 18.4 Å². The summed E-state index contributed by atoms with van der Waals surface area (Å²) in [7, 11) is 0. The average Bonchev–Trinajstić information content (AvgIpc) is 3.00. The van der Waals surface area contributed by atoms with Crippen molar-refractivity contribution in [3.63, 3.8) is 0 Å². The van der Waals surface area contributed by atoms with Gasteiger partial charge in [0.1, 0.15) is 11.6 Å². The van der Waals surface area contributed by atoms with Gasteiger partial charge in [-0.25, -0.2) is 4.98 Å². The fraction of sp³-hybridized carbons (Fsp3) is 0.556. The Morgan fingerprint density at radius 3 is 3.09 bits per heavy atom. The van der Waals surface area contributed by atoms with E-state index in [1.54, 1.807) is 12.4 Å². The third-order valence-corrected chi connectivity index (χ3v) is 4.26. The van der Waals surface area contributed by atoms with Crippen molar-refractivity contribution < 1.29 is 9.47 Å². The van der Waals surface area contributed by atoms with Gasteiger partial charge in [-0.2, -0.15) is 0 Å². The highest BCUT2D eigenvalue weighted by atomic mass is 16.5. The van der Waals surface area contributed by atoms with E-state index in [2.05, 4.69) is 34.6 Å². The summed E-state index contributed by atoms with van der Waals surface area (Å²) in [6, 6.07) is 3.82. The van der Waals surface area contributed by atoms with E-state index in [0.29, 0.717) is 12.5 Å². The van der Waals surface area contributed by atoms with Crippen molar-refractivity contribution >= 4 is 0 Å². The number of nitrogens with zero attached hydrogens (tertiary/aromatic N) is 3. The van der Waals surface area contributed by atoms with Crippen LogP contribution in [0.1, 0.15) is 44.9 Å². The summed E-state index contributed by atoms with van der Waals surface area (Å²) in [6.45, 7) is 6.74. The van der Waals surface area contributed by atoms with Gasteiger partial charge >= 0.3 is 0 Å². The number of ether oxygens (including phenoxy) is 2. The third-order valence-electron chi connectivity index (χ3n) is 4.26. The van der Waals surface area contributed by atoms with Gasteiger partial charge in [0.25, 0.3) is 0 Å². The van der Waals surface area contributed by atoms with Gasteiger partial charge in [-0.3, -0.25) is 4.98 Å². The second-order valence-electron chi connectivity index (χ2n) is 6.67. The molecule has 0 amide bonds. The van der Waals surface area contributed by atoms with Crippen LogP contribution in [0.4, 0.5) is 0 Å². The fourth-order valence-electron chi connectivity index (χ4n) is 3.18. The molecule has 1 fully saturated rings. The molecule has 1 atom stereocenters. The number of rotatable bonds is 6. The minimum absolute atomic E-state index is 0.0525. The molecular weight excluding hydrogens is 290 g/mol. The molecule has 23 heavy (non-hydrogen) atoms. The summed E-state index contributed by atoms with van der Waals surface area (Å²) in [5, 5.41) is 0. The Kier molecular flexibility index (Phi) is 4.96. The molecule has 5 heteroatoms. The van der Waals surface area contributed by atoms with Crippen LogP contribution in [-0.4, -0.2) is 33.3 Å². The summed E-state index contributed by atoms with van der Waals surface area (Å²) in [5.74, 6) is 2.49. The highest BCUT2D eigenvalue weighted by Gasteiger charge is 2.31. The van der Waals surface area contributed by atoms with Crippen LogP contribution in [0, 0.1) is 0 Å². The largest absolute Gasteiger partial charge is 0.492 e. The topological polar surface area (TPSA) is 49.2 Å². The van der Waals surface area contributed by atoms with Crippen molar-refractivity contribution in [2.24, 2.45) is 0 Å². The van der Waals surface area contributed by atoms with Gasteiger partial charge < -0.3 is 14.0 Å². The van der Waals surface area contributed by atoms with Crippen molar-refractivity contribution in [3.8, 4) is 5.75 Å². The quantitative estimate of drug-likeness (QED) is 0.766. The van der Waals surface area contributed by atoms with E-state index >= 15 is 0 Å². The Bertz CT molecular complexity index is 610. The molecule has 0 bridgehead atoms. The second-order valence-corrected chi connectivity index (χ2v) is 6.67. The second kappa shape index (κ2) is 7.13. The predicted molar refractivity (Wildman–Crippen MR) is 88.6 cm³/mol. The fourth-order valence-corrected chi connectivity index (χ4v) is 3.18. The molecule has 0 N–H and O–H groups in total. The van der Waals surface area contributed by atoms with E-state index < -0.39 is 0 Å². The van der Waals surface area contributed by atoms with Gasteiger partial charge in [0.15, 0.2) is 0 Å². The molecule has 2 aromatic rings. The Morgan fingerprint density at radius 1 is 1.39 bits per heavy atom. The first-order valence-corrected chi connectivity index (χ1v) is 8.32. The molecule has 3 heterocycles. The normalized spacial score (nSPS) is 20.3. The van der Waals surface area contributed by atoms with Crippen LogP contribution >= 0.6 is 0 Å². The molecule has 124 valence electrons. The average molecular weight is 315 g/mol. The number of hydrogen-bond acceptors (Lipinski definition) is 4.